The Bertz CT molecular complexity index is 633. The molecule has 4 nitrogen and oxygen atoms in total. The molecule has 2 aromatic rings. The molecule has 108 valence electrons. The van der Waals surface area contributed by atoms with Crippen LogP contribution < -0.4 is 11.1 Å². The van der Waals surface area contributed by atoms with Crippen molar-refractivity contribution < 1.29 is 9.90 Å². The van der Waals surface area contributed by atoms with Gasteiger partial charge in [0.2, 0.25) is 5.91 Å². The Morgan fingerprint density at radius 3 is 2.52 bits per heavy atom. The number of carbonyl (C=O) groups is 1. The molecule has 0 aliphatic rings. The van der Waals surface area contributed by atoms with E-state index in [0.717, 1.165) is 16.7 Å². The molecule has 0 fully saturated rings. The van der Waals surface area contributed by atoms with Crippen LogP contribution in [-0.4, -0.2) is 11.0 Å². The second-order valence-corrected chi connectivity index (χ2v) is 4.70. The van der Waals surface area contributed by atoms with Gasteiger partial charge in [-0.2, -0.15) is 0 Å². The van der Waals surface area contributed by atoms with Gasteiger partial charge in [-0.3, -0.25) is 4.79 Å². The van der Waals surface area contributed by atoms with E-state index in [4.69, 9.17) is 10.8 Å². The number of aliphatic hydroxyl groups excluding tert-OH is 1. The molecule has 4 heteroatoms. The van der Waals surface area contributed by atoms with Crippen LogP contribution >= 0.6 is 0 Å². The third-order valence-corrected chi connectivity index (χ3v) is 3.01. The van der Waals surface area contributed by atoms with Crippen LogP contribution in [0.4, 0.5) is 5.69 Å². The molecule has 4 N–H and O–H groups in total. The summed E-state index contributed by atoms with van der Waals surface area (Å²) in [7, 11) is 0. The van der Waals surface area contributed by atoms with Gasteiger partial charge in [-0.05, 0) is 34.9 Å². The highest BCUT2D eigenvalue weighted by Gasteiger charge is 1.98. The third-order valence-electron chi connectivity index (χ3n) is 3.01. The van der Waals surface area contributed by atoms with E-state index in [1.54, 1.807) is 18.2 Å². The summed E-state index contributed by atoms with van der Waals surface area (Å²) in [6.07, 6.45) is 3.21. The molecule has 0 atom stereocenters. The summed E-state index contributed by atoms with van der Waals surface area (Å²) < 4.78 is 0. The number of hydrogen-bond donors (Lipinski definition) is 3. The molecule has 0 bridgehead atoms. The summed E-state index contributed by atoms with van der Waals surface area (Å²) in [4.78, 5) is 11.7. The van der Waals surface area contributed by atoms with E-state index in [2.05, 4.69) is 5.32 Å². The van der Waals surface area contributed by atoms with Gasteiger partial charge in [0.25, 0.3) is 0 Å². The standard InChI is InChI=1S/C17H18N2O2/c18-16-3-1-2-13(10-16)8-9-17(21)19-11-14-4-6-15(12-20)7-5-14/h1-10,20H,11-12,18H2,(H,19,21)/b9-8+. The van der Waals surface area contributed by atoms with Gasteiger partial charge in [-0.1, -0.05) is 36.4 Å². The average Bonchev–Trinajstić information content (AvgIpc) is 2.51. The van der Waals surface area contributed by atoms with Crippen molar-refractivity contribution in [3.63, 3.8) is 0 Å². The third kappa shape index (κ3) is 4.78. The van der Waals surface area contributed by atoms with E-state index < -0.39 is 0 Å². The minimum Gasteiger partial charge on any atom is -0.399 e. The molecule has 0 spiro atoms. The van der Waals surface area contributed by atoms with E-state index in [0.29, 0.717) is 12.2 Å². The molecule has 1 amide bonds. The van der Waals surface area contributed by atoms with Crippen molar-refractivity contribution in [2.45, 2.75) is 13.2 Å². The second kappa shape index (κ2) is 7.26. The van der Waals surface area contributed by atoms with Crippen LogP contribution in [0.2, 0.25) is 0 Å². The number of benzene rings is 2. The number of amides is 1. The first-order valence-corrected chi connectivity index (χ1v) is 6.67. The first kappa shape index (κ1) is 14.8. The summed E-state index contributed by atoms with van der Waals surface area (Å²) in [6, 6.07) is 14.8. The summed E-state index contributed by atoms with van der Waals surface area (Å²) in [5.41, 5.74) is 9.06. The normalized spacial score (nSPS) is 10.7. The van der Waals surface area contributed by atoms with Crippen LogP contribution in [0.5, 0.6) is 0 Å². The molecule has 0 aromatic heterocycles. The molecule has 0 saturated carbocycles. The second-order valence-electron chi connectivity index (χ2n) is 4.70. The van der Waals surface area contributed by atoms with Crippen molar-refractivity contribution in [3.8, 4) is 0 Å². The molecule has 0 aliphatic carbocycles. The van der Waals surface area contributed by atoms with Crippen LogP contribution in [0.3, 0.4) is 0 Å². The lowest BCUT2D eigenvalue weighted by Crippen LogP contribution is -2.20. The first-order valence-electron chi connectivity index (χ1n) is 6.67. The summed E-state index contributed by atoms with van der Waals surface area (Å²) in [5, 5.41) is 11.8. The predicted octanol–water partition coefficient (Wildman–Crippen LogP) is 2.09. The van der Waals surface area contributed by atoms with Crippen molar-refractivity contribution in [1.82, 2.24) is 5.32 Å². The molecule has 21 heavy (non-hydrogen) atoms. The highest BCUT2D eigenvalue weighted by molar-refractivity contribution is 5.91. The van der Waals surface area contributed by atoms with Crippen molar-refractivity contribution in [1.29, 1.82) is 0 Å². The highest BCUT2D eigenvalue weighted by Crippen LogP contribution is 2.08. The number of anilines is 1. The highest BCUT2D eigenvalue weighted by atomic mass is 16.3. The van der Waals surface area contributed by atoms with Gasteiger partial charge < -0.3 is 16.2 Å². The van der Waals surface area contributed by atoms with Crippen molar-refractivity contribution in [3.05, 3.63) is 71.3 Å². The van der Waals surface area contributed by atoms with Gasteiger partial charge in [0.15, 0.2) is 0 Å². The zero-order valence-electron chi connectivity index (χ0n) is 11.6. The van der Waals surface area contributed by atoms with E-state index in [1.807, 2.05) is 36.4 Å². The summed E-state index contributed by atoms with van der Waals surface area (Å²) in [5.74, 6) is -0.163. The minimum absolute atomic E-state index is 0.0234. The molecular formula is C17H18N2O2. The Balaban J connectivity index is 1.86. The van der Waals surface area contributed by atoms with Crippen molar-refractivity contribution in [2.75, 3.05) is 5.73 Å². The van der Waals surface area contributed by atoms with Gasteiger partial charge in [0, 0.05) is 18.3 Å². The van der Waals surface area contributed by atoms with Gasteiger partial charge in [0.1, 0.15) is 0 Å². The zero-order chi connectivity index (χ0) is 15.1. The number of carbonyl (C=O) groups excluding carboxylic acids is 1. The lowest BCUT2D eigenvalue weighted by molar-refractivity contribution is -0.116. The zero-order valence-corrected chi connectivity index (χ0v) is 11.6. The Hall–Kier alpha value is -2.59. The quantitative estimate of drug-likeness (QED) is 0.580. The van der Waals surface area contributed by atoms with E-state index in [1.165, 1.54) is 6.08 Å². The van der Waals surface area contributed by atoms with Gasteiger partial charge in [0.05, 0.1) is 6.61 Å². The lowest BCUT2D eigenvalue weighted by atomic mass is 10.1. The fraction of sp³-hybridized carbons (Fsp3) is 0.118. The number of nitrogens with two attached hydrogens (primary N) is 1. The SMILES string of the molecule is Nc1cccc(/C=C/C(=O)NCc2ccc(CO)cc2)c1. The smallest absolute Gasteiger partial charge is 0.244 e. The van der Waals surface area contributed by atoms with Crippen LogP contribution in [-0.2, 0) is 17.9 Å². The Morgan fingerprint density at radius 1 is 1.14 bits per heavy atom. The Kier molecular flexibility index (Phi) is 5.12. The fourth-order valence-corrected chi connectivity index (χ4v) is 1.85. The van der Waals surface area contributed by atoms with Crippen LogP contribution in [0.15, 0.2) is 54.6 Å². The number of rotatable bonds is 5. The maximum Gasteiger partial charge on any atom is 0.244 e. The number of hydrogen-bond acceptors (Lipinski definition) is 3. The predicted molar refractivity (Wildman–Crippen MR) is 84.1 cm³/mol. The van der Waals surface area contributed by atoms with E-state index in [9.17, 15) is 4.79 Å². The first-order chi connectivity index (χ1) is 10.2. The van der Waals surface area contributed by atoms with Crippen LogP contribution in [0, 0.1) is 0 Å². The molecular weight excluding hydrogens is 264 g/mol. The summed E-state index contributed by atoms with van der Waals surface area (Å²) >= 11 is 0. The number of nitrogens with one attached hydrogen (secondary N) is 1. The Morgan fingerprint density at radius 2 is 1.86 bits per heavy atom. The maximum absolute atomic E-state index is 11.7. The van der Waals surface area contributed by atoms with Crippen LogP contribution in [0.25, 0.3) is 6.08 Å². The van der Waals surface area contributed by atoms with Gasteiger partial charge in [-0.25, -0.2) is 0 Å². The molecule has 0 unspecified atom stereocenters. The van der Waals surface area contributed by atoms with Crippen molar-refractivity contribution in [2.24, 2.45) is 0 Å². The summed E-state index contributed by atoms with van der Waals surface area (Å²) in [6.45, 7) is 0.474. The van der Waals surface area contributed by atoms with E-state index in [-0.39, 0.29) is 12.5 Å². The minimum atomic E-state index is -0.163. The lowest BCUT2D eigenvalue weighted by Gasteiger charge is -2.03. The monoisotopic (exact) mass is 282 g/mol. The largest absolute Gasteiger partial charge is 0.399 e. The fourth-order valence-electron chi connectivity index (χ4n) is 1.85. The molecule has 0 radical (unpaired) electrons. The maximum atomic E-state index is 11.7. The molecule has 2 rings (SSSR count). The molecule has 0 aliphatic heterocycles. The number of nitrogen functional groups attached to an aromatic ring is 1. The van der Waals surface area contributed by atoms with E-state index >= 15 is 0 Å². The average molecular weight is 282 g/mol. The molecule has 2 aromatic carbocycles. The Labute approximate surface area is 123 Å². The van der Waals surface area contributed by atoms with Crippen molar-refractivity contribution >= 4 is 17.7 Å². The van der Waals surface area contributed by atoms with Gasteiger partial charge in [-0.15, -0.1) is 0 Å². The number of aliphatic hydroxyl groups is 1. The molecule has 0 saturated heterocycles. The van der Waals surface area contributed by atoms with Crippen LogP contribution in [0.1, 0.15) is 16.7 Å². The molecule has 0 heterocycles. The van der Waals surface area contributed by atoms with Gasteiger partial charge >= 0.3 is 0 Å². The topological polar surface area (TPSA) is 75.4 Å².